The molecule has 0 unspecified atom stereocenters. The smallest absolute Gasteiger partial charge is 0.257 e. The van der Waals surface area contributed by atoms with Gasteiger partial charge in [-0.15, -0.1) is 5.10 Å². The number of aromatic nitrogens is 3. The van der Waals surface area contributed by atoms with Gasteiger partial charge in [0.2, 0.25) is 5.16 Å². The van der Waals surface area contributed by atoms with E-state index in [0.29, 0.717) is 23.5 Å². The number of hydrogen-bond acceptors (Lipinski definition) is 6. The second-order valence-corrected chi connectivity index (χ2v) is 5.89. The Kier molecular flexibility index (Phi) is 4.16. The van der Waals surface area contributed by atoms with Gasteiger partial charge >= 0.3 is 0 Å². The number of para-hydroxylation sites is 1. The van der Waals surface area contributed by atoms with Crippen LogP contribution in [0.25, 0.3) is 5.57 Å². The largest absolute Gasteiger partial charge is 0.544 e. The van der Waals surface area contributed by atoms with Gasteiger partial charge in [0.15, 0.2) is 0 Å². The number of anilines is 1. The minimum Gasteiger partial charge on any atom is -0.544 e. The van der Waals surface area contributed by atoms with E-state index in [-0.39, 0.29) is 15.6 Å². The van der Waals surface area contributed by atoms with E-state index >= 15 is 0 Å². The Labute approximate surface area is 136 Å². The van der Waals surface area contributed by atoms with Crippen molar-refractivity contribution < 1.29 is 14.7 Å². The van der Waals surface area contributed by atoms with Gasteiger partial charge in [-0.05, 0) is 24.2 Å². The molecule has 7 nitrogen and oxygen atoms in total. The van der Waals surface area contributed by atoms with E-state index in [9.17, 15) is 14.7 Å². The molecule has 1 aliphatic rings. The topological polar surface area (TPSA) is 111 Å². The first-order valence-corrected chi connectivity index (χ1v) is 7.87. The Morgan fingerprint density at radius 2 is 2.13 bits per heavy atom. The number of nitrogens with zero attached hydrogens (tertiary/aromatic N) is 2. The normalized spacial score (nSPS) is 15.3. The van der Waals surface area contributed by atoms with Crippen molar-refractivity contribution >= 4 is 34.9 Å². The molecule has 0 radical (unpaired) electrons. The van der Waals surface area contributed by atoms with Crippen molar-refractivity contribution in [1.82, 2.24) is 15.2 Å². The second-order valence-electron chi connectivity index (χ2n) is 4.91. The Balaban J connectivity index is 2.01. The fourth-order valence-corrected chi connectivity index (χ4v) is 3.12. The summed E-state index contributed by atoms with van der Waals surface area (Å²) in [4.78, 5) is 27.7. The van der Waals surface area contributed by atoms with Gasteiger partial charge in [-0.25, -0.2) is 4.98 Å². The minimum atomic E-state index is -1.43. The highest BCUT2D eigenvalue weighted by Crippen LogP contribution is 2.38. The first-order valence-electron chi connectivity index (χ1n) is 7.05. The summed E-state index contributed by atoms with van der Waals surface area (Å²) >= 11 is 0.811. The number of carboxylic acid groups (broad SMARTS) is 1. The van der Waals surface area contributed by atoms with E-state index in [1.807, 2.05) is 6.92 Å². The van der Waals surface area contributed by atoms with Crippen LogP contribution in [0.4, 0.5) is 5.69 Å². The summed E-state index contributed by atoms with van der Waals surface area (Å²) in [5.74, 6) is -1.23. The summed E-state index contributed by atoms with van der Waals surface area (Å²) < 4.78 is 0. The molecular weight excluding hydrogens is 316 g/mol. The van der Waals surface area contributed by atoms with Crippen LogP contribution in [0, 0.1) is 0 Å². The number of aliphatic carboxylic acids is 1. The van der Waals surface area contributed by atoms with E-state index in [4.69, 9.17) is 0 Å². The van der Waals surface area contributed by atoms with Crippen LogP contribution in [0.15, 0.2) is 34.3 Å². The molecule has 3 rings (SSSR count). The number of aromatic amines is 1. The molecule has 0 bridgehead atoms. The van der Waals surface area contributed by atoms with Gasteiger partial charge in [0, 0.05) is 17.7 Å². The molecule has 1 amide bonds. The lowest BCUT2D eigenvalue weighted by molar-refractivity contribution is -0.298. The minimum absolute atomic E-state index is 0.0763. The number of fused-ring (bicyclic) bond motifs is 1. The number of benzene rings is 1. The van der Waals surface area contributed by atoms with Gasteiger partial charge in [-0.1, -0.05) is 25.1 Å². The standard InChI is InChI=1S/C15H14N4O3S/c1-2-5-10-17-15(19-18-10)23-12(14(21)22)11-8-6-3-4-7-9(8)16-13(11)20/h3-4,6-7H,2,5H2,1H3,(H,16,20)(H,21,22)(H,17,18,19)/p-1/b12-11+. The number of nitrogens with one attached hydrogen (secondary N) is 2. The van der Waals surface area contributed by atoms with Gasteiger partial charge in [0.25, 0.3) is 5.91 Å². The van der Waals surface area contributed by atoms with Crippen molar-refractivity contribution in [2.24, 2.45) is 0 Å². The zero-order valence-electron chi connectivity index (χ0n) is 12.3. The van der Waals surface area contributed by atoms with E-state index in [1.165, 1.54) is 0 Å². The molecule has 1 aromatic carbocycles. The van der Waals surface area contributed by atoms with Crippen LogP contribution in [0.2, 0.25) is 0 Å². The van der Waals surface area contributed by atoms with Crippen molar-refractivity contribution in [1.29, 1.82) is 0 Å². The van der Waals surface area contributed by atoms with Crippen LogP contribution in [0.3, 0.4) is 0 Å². The number of carbonyl (C=O) groups is 2. The third kappa shape index (κ3) is 2.98. The molecule has 23 heavy (non-hydrogen) atoms. The molecule has 1 aromatic heterocycles. The quantitative estimate of drug-likeness (QED) is 0.624. The molecule has 0 saturated heterocycles. The zero-order chi connectivity index (χ0) is 16.4. The lowest BCUT2D eigenvalue weighted by atomic mass is 10.1. The Morgan fingerprint density at radius 3 is 2.87 bits per heavy atom. The summed E-state index contributed by atoms with van der Waals surface area (Å²) in [7, 11) is 0. The third-order valence-corrected chi connectivity index (χ3v) is 4.22. The van der Waals surface area contributed by atoms with E-state index in [0.717, 1.165) is 18.2 Å². The monoisotopic (exact) mass is 329 g/mol. The Morgan fingerprint density at radius 1 is 1.35 bits per heavy atom. The summed E-state index contributed by atoms with van der Waals surface area (Å²) in [5, 5.41) is 21.2. The van der Waals surface area contributed by atoms with Crippen molar-refractivity contribution in [3.05, 3.63) is 40.6 Å². The van der Waals surface area contributed by atoms with Crippen LogP contribution < -0.4 is 10.4 Å². The van der Waals surface area contributed by atoms with Crippen molar-refractivity contribution in [3.63, 3.8) is 0 Å². The summed E-state index contributed by atoms with van der Waals surface area (Å²) in [5.41, 5.74) is 1.19. The molecule has 0 spiro atoms. The van der Waals surface area contributed by atoms with Gasteiger partial charge in [0.1, 0.15) is 5.82 Å². The molecule has 0 aliphatic carbocycles. The summed E-state index contributed by atoms with van der Waals surface area (Å²) in [6.07, 6.45) is 1.61. The lowest BCUT2D eigenvalue weighted by Crippen LogP contribution is -2.25. The molecule has 0 saturated carbocycles. The number of carbonyl (C=O) groups excluding carboxylic acids is 2. The van der Waals surface area contributed by atoms with Gasteiger partial charge in [-0.3, -0.25) is 9.89 Å². The predicted octanol–water partition coefficient (Wildman–Crippen LogP) is 0.963. The summed E-state index contributed by atoms with van der Waals surface area (Å²) in [6.45, 7) is 2.00. The van der Waals surface area contributed by atoms with E-state index in [1.54, 1.807) is 24.3 Å². The van der Waals surface area contributed by atoms with E-state index in [2.05, 4.69) is 20.5 Å². The van der Waals surface area contributed by atoms with Crippen molar-refractivity contribution in [3.8, 4) is 0 Å². The molecule has 2 heterocycles. The fraction of sp³-hybridized carbons (Fsp3) is 0.200. The number of H-pyrrole nitrogens is 1. The highest BCUT2D eigenvalue weighted by molar-refractivity contribution is 8.04. The Bertz CT molecular complexity index is 813. The first-order chi connectivity index (χ1) is 11.1. The van der Waals surface area contributed by atoms with Gasteiger partial charge in [-0.2, -0.15) is 0 Å². The maximum Gasteiger partial charge on any atom is 0.257 e. The van der Waals surface area contributed by atoms with E-state index < -0.39 is 11.9 Å². The highest BCUT2D eigenvalue weighted by atomic mass is 32.2. The number of amides is 1. The first kappa shape index (κ1) is 15.3. The predicted molar refractivity (Wildman–Crippen MR) is 83.2 cm³/mol. The van der Waals surface area contributed by atoms with Gasteiger partial charge in [0.05, 0.1) is 16.4 Å². The average Bonchev–Trinajstić information content (AvgIpc) is 3.08. The highest BCUT2D eigenvalue weighted by Gasteiger charge is 2.28. The summed E-state index contributed by atoms with van der Waals surface area (Å²) in [6, 6.07) is 6.90. The van der Waals surface area contributed by atoms with Crippen molar-refractivity contribution in [2.75, 3.05) is 5.32 Å². The van der Waals surface area contributed by atoms with Gasteiger partial charge < -0.3 is 15.2 Å². The van der Waals surface area contributed by atoms with Crippen LogP contribution in [0.1, 0.15) is 24.7 Å². The number of thioether (sulfide) groups is 1. The molecule has 118 valence electrons. The number of rotatable bonds is 5. The number of hydrogen-bond donors (Lipinski definition) is 2. The van der Waals surface area contributed by atoms with Crippen molar-refractivity contribution in [2.45, 2.75) is 24.9 Å². The molecule has 2 N–H and O–H groups in total. The maximum atomic E-state index is 12.2. The number of carboxylic acids is 1. The second kappa shape index (κ2) is 6.25. The molecular formula is C15H13N4O3S-. The van der Waals surface area contributed by atoms with Crippen LogP contribution >= 0.6 is 11.8 Å². The maximum absolute atomic E-state index is 12.2. The van der Waals surface area contributed by atoms with Crippen LogP contribution in [-0.2, 0) is 16.0 Å². The molecule has 8 heteroatoms. The third-order valence-electron chi connectivity index (χ3n) is 3.28. The molecule has 0 atom stereocenters. The lowest BCUT2D eigenvalue weighted by Gasteiger charge is -2.09. The zero-order valence-corrected chi connectivity index (χ0v) is 13.1. The van der Waals surface area contributed by atoms with Crippen LogP contribution in [0.5, 0.6) is 0 Å². The molecule has 2 aromatic rings. The fourth-order valence-electron chi connectivity index (χ4n) is 2.30. The SMILES string of the molecule is CCCc1nc(S/C(C(=O)[O-])=C2/C(=O)Nc3ccccc32)n[nH]1. The molecule has 0 fully saturated rings. The average molecular weight is 329 g/mol. The Hall–Kier alpha value is -2.61. The number of aryl methyl sites for hydroxylation is 1. The molecule has 1 aliphatic heterocycles. The van der Waals surface area contributed by atoms with Crippen LogP contribution in [-0.4, -0.2) is 27.1 Å².